The van der Waals surface area contributed by atoms with E-state index in [0.29, 0.717) is 12.7 Å². The van der Waals surface area contributed by atoms with Gasteiger partial charge in [-0.25, -0.2) is 0 Å². The molecular formula is C8H16N2O. The maximum Gasteiger partial charge on any atom is 0.237 e. The van der Waals surface area contributed by atoms with Crippen LogP contribution in [0.5, 0.6) is 0 Å². The topological polar surface area (TPSA) is 32.3 Å². The van der Waals surface area contributed by atoms with E-state index in [2.05, 4.69) is 12.2 Å². The fraction of sp³-hybridized carbons (Fsp3) is 0.875. The van der Waals surface area contributed by atoms with Crippen LogP contribution in [0.1, 0.15) is 26.2 Å². The van der Waals surface area contributed by atoms with E-state index in [-0.39, 0.29) is 5.91 Å². The van der Waals surface area contributed by atoms with E-state index in [9.17, 15) is 4.79 Å². The van der Waals surface area contributed by atoms with Gasteiger partial charge in [-0.2, -0.15) is 0 Å². The Hall–Kier alpha value is -0.570. The van der Waals surface area contributed by atoms with Crippen molar-refractivity contribution in [3.05, 3.63) is 0 Å². The van der Waals surface area contributed by atoms with Gasteiger partial charge in [0, 0.05) is 7.05 Å². The summed E-state index contributed by atoms with van der Waals surface area (Å²) in [7, 11) is 1.86. The van der Waals surface area contributed by atoms with E-state index in [0.717, 1.165) is 6.42 Å². The van der Waals surface area contributed by atoms with Gasteiger partial charge in [-0.1, -0.05) is 19.8 Å². The first-order valence-corrected chi connectivity index (χ1v) is 4.24. The van der Waals surface area contributed by atoms with Crippen LogP contribution in [0.15, 0.2) is 0 Å². The first-order valence-electron chi connectivity index (χ1n) is 4.24. The number of nitrogens with one attached hydrogen (secondary N) is 1. The van der Waals surface area contributed by atoms with Crippen molar-refractivity contribution in [2.45, 2.75) is 32.4 Å². The van der Waals surface area contributed by atoms with E-state index in [1.807, 2.05) is 7.05 Å². The van der Waals surface area contributed by atoms with Gasteiger partial charge >= 0.3 is 0 Å². The molecule has 64 valence electrons. The summed E-state index contributed by atoms with van der Waals surface area (Å²) in [6.07, 6.45) is 3.76. The first kappa shape index (κ1) is 8.53. The Labute approximate surface area is 67.8 Å². The molecule has 1 aliphatic heterocycles. The summed E-state index contributed by atoms with van der Waals surface area (Å²) in [5, 5.41) is 3.17. The molecule has 1 fully saturated rings. The molecule has 0 spiro atoms. The van der Waals surface area contributed by atoms with Crippen molar-refractivity contribution in [3.63, 3.8) is 0 Å². The zero-order chi connectivity index (χ0) is 8.27. The third-order valence-electron chi connectivity index (χ3n) is 2.18. The zero-order valence-electron chi connectivity index (χ0n) is 7.26. The van der Waals surface area contributed by atoms with E-state index in [1.165, 1.54) is 12.8 Å². The summed E-state index contributed by atoms with van der Waals surface area (Å²) in [4.78, 5) is 12.8. The fourth-order valence-corrected chi connectivity index (χ4v) is 1.33. The van der Waals surface area contributed by atoms with Crippen LogP contribution in [0.3, 0.4) is 0 Å². The molecule has 0 aromatic heterocycles. The molecule has 1 amide bonds. The average Bonchev–Trinajstić information content (AvgIpc) is 2.31. The number of hydrogen-bond acceptors (Lipinski definition) is 2. The number of rotatable bonds is 3. The molecular weight excluding hydrogens is 140 g/mol. The lowest BCUT2D eigenvalue weighted by atomic mass is 10.2. The minimum absolute atomic E-state index is 0.214. The Balaban J connectivity index is 2.30. The second-order valence-electron chi connectivity index (χ2n) is 3.04. The second kappa shape index (κ2) is 3.72. The zero-order valence-corrected chi connectivity index (χ0v) is 7.26. The smallest absolute Gasteiger partial charge is 0.237 e. The standard InChI is InChI=1S/C8H16N2O/c1-3-4-5-7-9-6-8(11)10(7)2/h7,9H,3-6H2,1-2H3. The predicted octanol–water partition coefficient (Wildman–Crippen LogP) is 0.564. The van der Waals surface area contributed by atoms with Crippen LogP contribution >= 0.6 is 0 Å². The molecule has 1 heterocycles. The Kier molecular flexibility index (Phi) is 2.88. The van der Waals surface area contributed by atoms with E-state index >= 15 is 0 Å². The lowest BCUT2D eigenvalue weighted by Crippen LogP contribution is -2.33. The number of hydrogen-bond donors (Lipinski definition) is 1. The molecule has 0 radical (unpaired) electrons. The number of amides is 1. The minimum Gasteiger partial charge on any atom is -0.329 e. The monoisotopic (exact) mass is 156 g/mol. The Morgan fingerprint density at radius 2 is 2.45 bits per heavy atom. The van der Waals surface area contributed by atoms with Crippen molar-refractivity contribution in [1.82, 2.24) is 10.2 Å². The van der Waals surface area contributed by atoms with Crippen LogP contribution in [0, 0.1) is 0 Å². The van der Waals surface area contributed by atoms with Gasteiger partial charge in [0.1, 0.15) is 0 Å². The molecule has 0 bridgehead atoms. The second-order valence-corrected chi connectivity index (χ2v) is 3.04. The molecule has 0 aromatic carbocycles. The van der Waals surface area contributed by atoms with Gasteiger partial charge < -0.3 is 4.90 Å². The van der Waals surface area contributed by atoms with Crippen LogP contribution in [0.2, 0.25) is 0 Å². The quantitative estimate of drug-likeness (QED) is 0.647. The van der Waals surface area contributed by atoms with Crippen LogP contribution < -0.4 is 5.32 Å². The third kappa shape index (κ3) is 1.93. The van der Waals surface area contributed by atoms with Gasteiger partial charge in [-0.05, 0) is 6.42 Å². The number of nitrogens with zero attached hydrogens (tertiary/aromatic N) is 1. The lowest BCUT2D eigenvalue weighted by Gasteiger charge is -2.18. The van der Waals surface area contributed by atoms with Crippen LogP contribution in [0.4, 0.5) is 0 Å². The highest BCUT2D eigenvalue weighted by molar-refractivity contribution is 5.80. The van der Waals surface area contributed by atoms with E-state index in [1.54, 1.807) is 4.90 Å². The summed E-state index contributed by atoms with van der Waals surface area (Å²) < 4.78 is 0. The Morgan fingerprint density at radius 3 is 2.91 bits per heavy atom. The van der Waals surface area contributed by atoms with Gasteiger partial charge in [0.15, 0.2) is 0 Å². The van der Waals surface area contributed by atoms with Gasteiger partial charge in [0.2, 0.25) is 5.91 Å². The minimum atomic E-state index is 0.214. The summed E-state index contributed by atoms with van der Waals surface area (Å²) >= 11 is 0. The average molecular weight is 156 g/mol. The highest BCUT2D eigenvalue weighted by Gasteiger charge is 2.25. The molecule has 0 aliphatic carbocycles. The molecule has 3 nitrogen and oxygen atoms in total. The molecule has 1 rings (SSSR count). The summed E-state index contributed by atoms with van der Waals surface area (Å²) in [6, 6.07) is 0. The van der Waals surface area contributed by atoms with Crippen molar-refractivity contribution in [2.75, 3.05) is 13.6 Å². The van der Waals surface area contributed by atoms with Gasteiger partial charge in [-0.3, -0.25) is 10.1 Å². The molecule has 1 unspecified atom stereocenters. The summed E-state index contributed by atoms with van der Waals surface area (Å²) in [6.45, 7) is 2.68. The molecule has 11 heavy (non-hydrogen) atoms. The number of likely N-dealkylation sites (N-methyl/N-ethyl adjacent to an activating group) is 1. The maximum atomic E-state index is 11.0. The molecule has 0 saturated carbocycles. The highest BCUT2D eigenvalue weighted by Crippen LogP contribution is 2.08. The summed E-state index contributed by atoms with van der Waals surface area (Å²) in [5.41, 5.74) is 0. The molecule has 0 aromatic rings. The molecule has 1 N–H and O–H groups in total. The lowest BCUT2D eigenvalue weighted by molar-refractivity contribution is -0.126. The van der Waals surface area contributed by atoms with Crippen LogP contribution in [-0.2, 0) is 4.79 Å². The largest absolute Gasteiger partial charge is 0.329 e. The molecule has 3 heteroatoms. The van der Waals surface area contributed by atoms with Crippen molar-refractivity contribution >= 4 is 5.91 Å². The maximum absolute atomic E-state index is 11.0. The van der Waals surface area contributed by atoms with Crippen molar-refractivity contribution < 1.29 is 4.79 Å². The van der Waals surface area contributed by atoms with Crippen molar-refractivity contribution in [1.29, 1.82) is 0 Å². The van der Waals surface area contributed by atoms with E-state index < -0.39 is 0 Å². The summed E-state index contributed by atoms with van der Waals surface area (Å²) in [5.74, 6) is 0.214. The molecule has 1 saturated heterocycles. The van der Waals surface area contributed by atoms with Crippen LogP contribution in [0.25, 0.3) is 0 Å². The highest BCUT2D eigenvalue weighted by atomic mass is 16.2. The third-order valence-corrected chi connectivity index (χ3v) is 2.18. The van der Waals surface area contributed by atoms with E-state index in [4.69, 9.17) is 0 Å². The van der Waals surface area contributed by atoms with Crippen molar-refractivity contribution in [2.24, 2.45) is 0 Å². The number of unbranched alkanes of at least 4 members (excludes halogenated alkanes) is 1. The van der Waals surface area contributed by atoms with Crippen molar-refractivity contribution in [3.8, 4) is 0 Å². The number of carbonyl (C=O) groups excluding carboxylic acids is 1. The normalized spacial score (nSPS) is 24.7. The first-order chi connectivity index (χ1) is 5.25. The van der Waals surface area contributed by atoms with Gasteiger partial charge in [0.25, 0.3) is 0 Å². The Morgan fingerprint density at radius 1 is 1.73 bits per heavy atom. The SMILES string of the molecule is CCCCC1NCC(=O)N1C. The van der Waals surface area contributed by atoms with Gasteiger partial charge in [-0.15, -0.1) is 0 Å². The van der Waals surface area contributed by atoms with Crippen LogP contribution in [-0.4, -0.2) is 30.6 Å². The molecule has 1 atom stereocenters. The molecule has 1 aliphatic rings. The Bertz CT molecular complexity index is 147. The fourth-order valence-electron chi connectivity index (χ4n) is 1.33. The predicted molar refractivity (Wildman–Crippen MR) is 44.1 cm³/mol. The van der Waals surface area contributed by atoms with Gasteiger partial charge in [0.05, 0.1) is 12.7 Å². The number of carbonyl (C=O) groups is 1.